The van der Waals surface area contributed by atoms with Crippen LogP contribution in [-0.4, -0.2) is 0 Å². The molecule has 0 spiro atoms. The molecule has 0 unspecified atom stereocenters. The molecule has 0 aromatic heterocycles. The molecular weight excluding hydrogens is 1290 g/mol. The molecule has 0 N–H and O–H groups in total. The quantitative estimate of drug-likeness (QED) is 0.0955. The Kier molecular flexibility index (Phi) is 23.8. The van der Waals surface area contributed by atoms with Crippen molar-refractivity contribution in [2.45, 2.75) is 228 Å². The van der Waals surface area contributed by atoms with E-state index in [1.54, 1.807) is 0 Å². The Hall–Kier alpha value is -9.44. The zero-order valence-electron chi connectivity index (χ0n) is 63.7. The van der Waals surface area contributed by atoms with Crippen molar-refractivity contribution in [3.8, 4) is 11.1 Å². The average molecular weight is 1410 g/mol. The van der Waals surface area contributed by atoms with Gasteiger partial charge in [0.1, 0.15) is 0 Å². The third-order valence-corrected chi connectivity index (χ3v) is 25.6. The predicted octanol–water partition coefficient (Wildman–Crippen LogP) is 31.7. The fourth-order valence-electron chi connectivity index (χ4n) is 19.5. The van der Waals surface area contributed by atoms with Gasteiger partial charge in [0, 0.05) is 50.9 Å². The van der Waals surface area contributed by atoms with Gasteiger partial charge in [-0.25, -0.2) is 0 Å². The normalized spacial score (nSPS) is 17.3. The van der Waals surface area contributed by atoms with E-state index in [1.807, 2.05) is 0 Å². The highest BCUT2D eigenvalue weighted by Gasteiger charge is 2.25. The van der Waals surface area contributed by atoms with Gasteiger partial charge in [0.05, 0.1) is 5.69 Å². The first-order valence-corrected chi connectivity index (χ1v) is 42.2. The molecule has 0 heterocycles. The molecule has 0 atom stereocenters. The highest BCUT2D eigenvalue weighted by Crippen LogP contribution is 2.46. The van der Waals surface area contributed by atoms with E-state index in [9.17, 15) is 0 Å². The van der Waals surface area contributed by atoms with Crippen LogP contribution in [0.5, 0.6) is 0 Å². The minimum atomic E-state index is 0.733. The molecule has 0 bridgehead atoms. The molecule has 3 heteroatoms. The van der Waals surface area contributed by atoms with Crippen LogP contribution in [0.3, 0.4) is 0 Å². The van der Waals surface area contributed by atoms with Crippen LogP contribution in [-0.2, 0) is 0 Å². The van der Waals surface area contributed by atoms with Crippen LogP contribution in [0.25, 0.3) is 32.7 Å². The molecule has 6 aliphatic rings. The lowest BCUT2D eigenvalue weighted by Crippen LogP contribution is -2.12. The summed E-state index contributed by atoms with van der Waals surface area (Å²) in [7, 11) is 0. The number of hydrogen-bond acceptors (Lipinski definition) is 3. The van der Waals surface area contributed by atoms with Crippen LogP contribution < -0.4 is 14.7 Å². The number of hydrogen-bond donors (Lipinski definition) is 0. The standard InChI is InChI=1S/C36H39N.2C34H37N/c1-4-10-28(11-5-1)31-16-22-34(23-17-31)37(35-24-18-32(19-25-35)29-12-6-2-7-13-29)36-26-20-33(21-27-36)30-14-8-3-9-15-30;1-3-10-26(11-4-1)28-18-22-31(23-19-28)35(34-17-9-15-30-14-7-8-16-33(30)34)32-24-20-29(21-25-32)27-12-5-2-6-13-27;1-3-9-26(10-4-1)29-15-20-32(21-16-29)35(34-24-19-28-13-7-8-14-31(28)25-34)33-22-17-30(18-23-33)27-11-5-2-6-12-27/h1,4-5,10-11,16-27,29-30H,2-3,6-9,12-15H2;7-9,14-27H,1-6,10-13H2;7-8,13-27H,1-6,9-12H2. The lowest BCUT2D eigenvalue weighted by Gasteiger charge is -2.29. The van der Waals surface area contributed by atoms with Gasteiger partial charge in [-0.3, -0.25) is 0 Å². The molecule has 12 aromatic rings. The zero-order valence-corrected chi connectivity index (χ0v) is 63.7. The van der Waals surface area contributed by atoms with Gasteiger partial charge in [-0.2, -0.15) is 0 Å². The Morgan fingerprint density at radius 3 is 0.766 bits per heavy atom. The summed E-state index contributed by atoms with van der Waals surface area (Å²) in [4.78, 5) is 7.31. The van der Waals surface area contributed by atoms with Crippen molar-refractivity contribution >= 4 is 72.7 Å². The van der Waals surface area contributed by atoms with E-state index in [1.165, 1.54) is 310 Å². The van der Waals surface area contributed by atoms with Crippen LogP contribution in [0.2, 0.25) is 0 Å². The maximum Gasteiger partial charge on any atom is 0.0540 e. The molecule has 107 heavy (non-hydrogen) atoms. The van der Waals surface area contributed by atoms with Crippen LogP contribution in [0, 0.1) is 0 Å². The van der Waals surface area contributed by atoms with Crippen molar-refractivity contribution in [3.63, 3.8) is 0 Å². The Bertz CT molecular complexity index is 4500. The minimum absolute atomic E-state index is 0.733. The van der Waals surface area contributed by atoms with Crippen molar-refractivity contribution in [2.24, 2.45) is 0 Å². The number of rotatable bonds is 16. The third-order valence-electron chi connectivity index (χ3n) is 25.6. The van der Waals surface area contributed by atoms with Gasteiger partial charge in [0.15, 0.2) is 0 Å². The van der Waals surface area contributed by atoms with Crippen molar-refractivity contribution in [2.75, 3.05) is 14.7 Å². The summed E-state index contributed by atoms with van der Waals surface area (Å²) in [6.45, 7) is 0. The van der Waals surface area contributed by atoms with Crippen LogP contribution in [0.15, 0.2) is 285 Å². The van der Waals surface area contributed by atoms with Crippen LogP contribution in [0.1, 0.15) is 262 Å². The molecule has 6 saturated carbocycles. The van der Waals surface area contributed by atoms with Gasteiger partial charge in [0.25, 0.3) is 0 Å². The molecule has 18 rings (SSSR count). The van der Waals surface area contributed by atoms with Gasteiger partial charge >= 0.3 is 0 Å². The van der Waals surface area contributed by atoms with Crippen molar-refractivity contribution in [3.05, 3.63) is 318 Å². The number of benzene rings is 12. The summed E-state index contributed by atoms with van der Waals surface area (Å²) in [6.07, 6.45) is 41.0. The molecule has 0 radical (unpaired) electrons. The molecule has 0 aliphatic heterocycles. The van der Waals surface area contributed by atoms with Crippen molar-refractivity contribution in [1.82, 2.24) is 0 Å². The number of nitrogens with zero attached hydrogens (tertiary/aromatic N) is 3. The maximum absolute atomic E-state index is 2.46. The summed E-state index contributed by atoms with van der Waals surface area (Å²) in [6, 6.07) is 107. The zero-order chi connectivity index (χ0) is 71.8. The van der Waals surface area contributed by atoms with Gasteiger partial charge in [-0.05, 0) is 276 Å². The lowest BCUT2D eigenvalue weighted by atomic mass is 9.84. The lowest BCUT2D eigenvalue weighted by molar-refractivity contribution is 0.443. The van der Waals surface area contributed by atoms with Gasteiger partial charge in [-0.1, -0.05) is 298 Å². The highest BCUT2D eigenvalue weighted by atomic mass is 15.2. The molecule has 3 nitrogen and oxygen atoms in total. The Labute approximate surface area is 641 Å². The summed E-state index contributed by atoms with van der Waals surface area (Å²) < 4.78 is 0. The third kappa shape index (κ3) is 17.6. The van der Waals surface area contributed by atoms with E-state index in [0.29, 0.717) is 0 Å². The smallest absolute Gasteiger partial charge is 0.0540 e. The second kappa shape index (κ2) is 35.5. The first-order chi connectivity index (χ1) is 53.1. The molecule has 6 fully saturated rings. The van der Waals surface area contributed by atoms with Gasteiger partial charge in [-0.15, -0.1) is 0 Å². The van der Waals surface area contributed by atoms with Gasteiger partial charge in [0.2, 0.25) is 0 Å². The molecule has 0 saturated heterocycles. The summed E-state index contributed by atoms with van der Waals surface area (Å²) in [5.41, 5.74) is 22.7. The number of anilines is 9. The van der Waals surface area contributed by atoms with E-state index in [0.717, 1.165) is 35.5 Å². The Balaban J connectivity index is 0.000000123. The Morgan fingerprint density at radius 2 is 0.421 bits per heavy atom. The predicted molar refractivity (Wildman–Crippen MR) is 459 cm³/mol. The van der Waals surface area contributed by atoms with E-state index >= 15 is 0 Å². The molecule has 0 amide bonds. The second-order valence-electron chi connectivity index (χ2n) is 32.5. The molecular formula is C104H113N3. The molecule has 12 aromatic carbocycles. The fourth-order valence-corrected chi connectivity index (χ4v) is 19.5. The average Bonchev–Trinajstić information content (AvgIpc) is 0.773. The molecule has 6 aliphatic carbocycles. The fraction of sp³-hybridized carbons (Fsp3) is 0.346. The van der Waals surface area contributed by atoms with E-state index in [4.69, 9.17) is 0 Å². The van der Waals surface area contributed by atoms with Crippen LogP contribution >= 0.6 is 0 Å². The highest BCUT2D eigenvalue weighted by molar-refractivity contribution is 5.99. The van der Waals surface area contributed by atoms with E-state index in [-0.39, 0.29) is 0 Å². The van der Waals surface area contributed by atoms with E-state index in [2.05, 4.69) is 300 Å². The maximum atomic E-state index is 2.46. The summed E-state index contributed by atoms with van der Waals surface area (Å²) in [5.74, 6) is 4.41. The molecule has 544 valence electrons. The van der Waals surface area contributed by atoms with E-state index < -0.39 is 0 Å². The minimum Gasteiger partial charge on any atom is -0.311 e. The Morgan fingerprint density at radius 1 is 0.168 bits per heavy atom. The van der Waals surface area contributed by atoms with Crippen LogP contribution in [0.4, 0.5) is 51.2 Å². The van der Waals surface area contributed by atoms with Crippen molar-refractivity contribution in [1.29, 1.82) is 0 Å². The monoisotopic (exact) mass is 1400 g/mol. The second-order valence-corrected chi connectivity index (χ2v) is 32.5. The first kappa shape index (κ1) is 71.8. The summed E-state index contributed by atoms with van der Waals surface area (Å²) >= 11 is 0. The summed E-state index contributed by atoms with van der Waals surface area (Å²) in [5, 5.41) is 5.15. The topological polar surface area (TPSA) is 9.72 Å². The van der Waals surface area contributed by atoms with Gasteiger partial charge < -0.3 is 14.7 Å². The SMILES string of the molecule is c1ccc(-c2ccc(N(c3ccc(C4CCCCC4)cc3)c3ccc(C4CCCCC4)cc3)cc2)cc1.c1ccc2c(N(c3ccc(C4CCCCC4)cc3)c3ccc(C4CCCCC4)cc3)cccc2c1.c1ccc2cc(N(c3ccc(C4CCCCC4)cc3)c3ccc(C4CCCCC4)cc3)ccc2c1. The largest absolute Gasteiger partial charge is 0.311 e. The number of fused-ring (bicyclic) bond motifs is 2. The first-order valence-electron chi connectivity index (χ1n) is 42.2. The van der Waals surface area contributed by atoms with Crippen molar-refractivity contribution < 1.29 is 0 Å².